The van der Waals surface area contributed by atoms with Crippen LogP contribution in [0.1, 0.15) is 44.6 Å². The Morgan fingerprint density at radius 1 is 1.45 bits per heavy atom. The highest BCUT2D eigenvalue weighted by atomic mass is 32.1. The monoisotopic (exact) mass is 326 g/mol. The smallest absolute Gasteiger partial charge is 0.314 e. The molecule has 0 radical (unpaired) electrons. The second-order valence-corrected chi connectivity index (χ2v) is 6.81. The number of amides is 2. The van der Waals surface area contributed by atoms with Gasteiger partial charge in [0.2, 0.25) is 0 Å². The summed E-state index contributed by atoms with van der Waals surface area (Å²) in [6, 6.07) is 1.61. The van der Waals surface area contributed by atoms with E-state index in [1.54, 1.807) is 6.92 Å². The first-order valence-electron chi connectivity index (χ1n) is 7.96. The fourth-order valence-corrected chi connectivity index (χ4v) is 3.35. The van der Waals surface area contributed by atoms with Crippen molar-refractivity contribution in [1.29, 1.82) is 0 Å². The molecule has 0 bridgehead atoms. The van der Waals surface area contributed by atoms with Gasteiger partial charge in [-0.2, -0.15) is 11.3 Å². The zero-order valence-electron chi connectivity index (χ0n) is 13.1. The van der Waals surface area contributed by atoms with Gasteiger partial charge in [-0.05, 0) is 48.6 Å². The number of urea groups is 1. The average molecular weight is 326 g/mol. The lowest BCUT2D eigenvalue weighted by Gasteiger charge is -2.22. The first-order valence-corrected chi connectivity index (χ1v) is 8.90. The molecule has 1 aromatic rings. The Kier molecular flexibility index (Phi) is 6.67. The Labute approximate surface area is 136 Å². The van der Waals surface area contributed by atoms with E-state index in [0.717, 1.165) is 12.0 Å². The average Bonchev–Trinajstić information content (AvgIpc) is 3.18. The van der Waals surface area contributed by atoms with Gasteiger partial charge in [0.15, 0.2) is 0 Å². The zero-order chi connectivity index (χ0) is 15.8. The minimum atomic E-state index is -1.04. The molecular formula is C16H26N2O3S. The first-order chi connectivity index (χ1) is 10.6. The topological polar surface area (TPSA) is 70.6 Å². The van der Waals surface area contributed by atoms with Crippen molar-refractivity contribution in [3.05, 3.63) is 22.4 Å². The van der Waals surface area contributed by atoms with Gasteiger partial charge in [0, 0.05) is 13.2 Å². The Morgan fingerprint density at radius 3 is 2.91 bits per heavy atom. The minimum absolute atomic E-state index is 0.189. The number of thiophene rings is 1. The molecule has 2 rings (SSSR count). The van der Waals surface area contributed by atoms with Crippen LogP contribution < -0.4 is 10.6 Å². The molecular weight excluding hydrogens is 300 g/mol. The second kappa shape index (κ2) is 8.50. The van der Waals surface area contributed by atoms with Crippen LogP contribution in [0, 0.1) is 0 Å². The van der Waals surface area contributed by atoms with Crippen LogP contribution in [0.3, 0.4) is 0 Å². The molecule has 1 aliphatic carbocycles. The van der Waals surface area contributed by atoms with Crippen molar-refractivity contribution in [2.45, 2.75) is 50.7 Å². The van der Waals surface area contributed by atoms with Gasteiger partial charge in [-0.25, -0.2) is 4.79 Å². The fourth-order valence-electron chi connectivity index (χ4n) is 2.57. The van der Waals surface area contributed by atoms with Crippen LogP contribution in [0.15, 0.2) is 16.8 Å². The molecule has 1 saturated carbocycles. The second-order valence-electron chi connectivity index (χ2n) is 6.03. The molecule has 0 spiro atoms. The van der Waals surface area contributed by atoms with E-state index in [9.17, 15) is 9.90 Å². The maximum Gasteiger partial charge on any atom is 0.314 e. The number of aliphatic hydroxyl groups is 1. The molecule has 1 unspecified atom stereocenters. The summed E-state index contributed by atoms with van der Waals surface area (Å²) in [6.45, 7) is 3.16. The molecule has 2 amide bonds. The maximum absolute atomic E-state index is 11.7. The highest BCUT2D eigenvalue weighted by Gasteiger charge is 2.24. The Balaban J connectivity index is 1.54. The molecule has 1 aliphatic rings. The Hall–Kier alpha value is -1.11. The molecule has 0 saturated heterocycles. The van der Waals surface area contributed by atoms with Gasteiger partial charge in [0.1, 0.15) is 5.60 Å². The third kappa shape index (κ3) is 5.59. The van der Waals surface area contributed by atoms with E-state index in [2.05, 4.69) is 10.6 Å². The van der Waals surface area contributed by atoms with E-state index in [4.69, 9.17) is 4.74 Å². The van der Waals surface area contributed by atoms with Crippen LogP contribution in [0.2, 0.25) is 0 Å². The summed E-state index contributed by atoms with van der Waals surface area (Å²) in [7, 11) is 0. The SMILES string of the molecule is CC(O)(CNC(=O)NCCCOC1CCCC1)c1ccsc1. The molecule has 124 valence electrons. The molecule has 1 aromatic heterocycles. The van der Waals surface area contributed by atoms with Crippen LogP contribution in [0.25, 0.3) is 0 Å². The van der Waals surface area contributed by atoms with E-state index in [-0.39, 0.29) is 12.6 Å². The van der Waals surface area contributed by atoms with E-state index in [0.29, 0.717) is 19.3 Å². The molecule has 0 aromatic carbocycles. The van der Waals surface area contributed by atoms with Crippen molar-refractivity contribution in [2.24, 2.45) is 0 Å². The molecule has 3 N–H and O–H groups in total. The quantitative estimate of drug-likeness (QED) is 0.643. The zero-order valence-corrected chi connectivity index (χ0v) is 14.0. The normalized spacial score (nSPS) is 18.1. The van der Waals surface area contributed by atoms with Gasteiger partial charge < -0.3 is 20.5 Å². The van der Waals surface area contributed by atoms with Gasteiger partial charge in [-0.1, -0.05) is 12.8 Å². The van der Waals surface area contributed by atoms with E-state index >= 15 is 0 Å². The fraction of sp³-hybridized carbons (Fsp3) is 0.688. The van der Waals surface area contributed by atoms with Crippen LogP contribution in [-0.4, -0.2) is 36.9 Å². The molecule has 1 heterocycles. The third-order valence-electron chi connectivity index (χ3n) is 4.00. The van der Waals surface area contributed by atoms with Crippen molar-refractivity contribution in [2.75, 3.05) is 19.7 Å². The highest BCUT2D eigenvalue weighted by Crippen LogP contribution is 2.22. The number of carbonyl (C=O) groups excluding carboxylic acids is 1. The predicted octanol–water partition coefficient (Wildman–Crippen LogP) is 2.60. The van der Waals surface area contributed by atoms with Crippen molar-refractivity contribution in [3.63, 3.8) is 0 Å². The standard InChI is InChI=1S/C16H26N2O3S/c1-16(20,13-7-10-22-11-13)12-18-15(19)17-8-4-9-21-14-5-2-3-6-14/h7,10-11,14,20H,2-6,8-9,12H2,1H3,(H2,17,18,19). The summed E-state index contributed by atoms with van der Waals surface area (Å²) in [5, 5.41) is 19.6. The number of rotatable bonds is 8. The van der Waals surface area contributed by atoms with Crippen LogP contribution in [-0.2, 0) is 10.3 Å². The summed E-state index contributed by atoms with van der Waals surface area (Å²) in [4.78, 5) is 11.7. The lowest BCUT2D eigenvalue weighted by Crippen LogP contribution is -2.43. The van der Waals surface area contributed by atoms with E-state index in [1.165, 1.54) is 37.0 Å². The largest absolute Gasteiger partial charge is 0.384 e. The number of hydrogen-bond acceptors (Lipinski definition) is 4. The number of carbonyl (C=O) groups is 1. The number of ether oxygens (including phenoxy) is 1. The summed E-state index contributed by atoms with van der Waals surface area (Å²) >= 11 is 1.53. The lowest BCUT2D eigenvalue weighted by atomic mass is 9.99. The van der Waals surface area contributed by atoms with Gasteiger partial charge in [-0.3, -0.25) is 0 Å². The maximum atomic E-state index is 11.7. The Morgan fingerprint density at radius 2 is 2.23 bits per heavy atom. The minimum Gasteiger partial charge on any atom is -0.384 e. The van der Waals surface area contributed by atoms with Crippen molar-refractivity contribution in [3.8, 4) is 0 Å². The van der Waals surface area contributed by atoms with Crippen LogP contribution in [0.4, 0.5) is 4.79 Å². The molecule has 22 heavy (non-hydrogen) atoms. The summed E-state index contributed by atoms with van der Waals surface area (Å²) in [5.41, 5.74) is -0.217. The van der Waals surface area contributed by atoms with Gasteiger partial charge in [0.25, 0.3) is 0 Å². The van der Waals surface area contributed by atoms with Crippen molar-refractivity contribution >= 4 is 17.4 Å². The summed E-state index contributed by atoms with van der Waals surface area (Å²) in [6.07, 6.45) is 6.13. The van der Waals surface area contributed by atoms with Crippen LogP contribution >= 0.6 is 11.3 Å². The van der Waals surface area contributed by atoms with Crippen molar-refractivity contribution < 1.29 is 14.6 Å². The predicted molar refractivity (Wildman–Crippen MR) is 88.1 cm³/mol. The summed E-state index contributed by atoms with van der Waals surface area (Å²) in [5.74, 6) is 0. The van der Waals surface area contributed by atoms with Gasteiger partial charge >= 0.3 is 6.03 Å². The molecule has 5 nitrogen and oxygen atoms in total. The van der Waals surface area contributed by atoms with E-state index < -0.39 is 5.60 Å². The third-order valence-corrected chi connectivity index (χ3v) is 4.68. The highest BCUT2D eigenvalue weighted by molar-refractivity contribution is 7.08. The molecule has 6 heteroatoms. The lowest BCUT2D eigenvalue weighted by molar-refractivity contribution is 0.0560. The Bertz CT molecular complexity index is 442. The van der Waals surface area contributed by atoms with E-state index in [1.807, 2.05) is 16.8 Å². The molecule has 1 fully saturated rings. The summed E-state index contributed by atoms with van der Waals surface area (Å²) < 4.78 is 5.74. The van der Waals surface area contributed by atoms with Crippen LogP contribution in [0.5, 0.6) is 0 Å². The number of nitrogens with one attached hydrogen (secondary N) is 2. The van der Waals surface area contributed by atoms with Gasteiger partial charge in [0.05, 0.1) is 12.6 Å². The molecule has 0 aliphatic heterocycles. The van der Waals surface area contributed by atoms with Gasteiger partial charge in [-0.15, -0.1) is 0 Å². The van der Waals surface area contributed by atoms with Crippen molar-refractivity contribution in [1.82, 2.24) is 10.6 Å². The first kappa shape index (κ1) is 17.2. The molecule has 1 atom stereocenters. The number of hydrogen-bond donors (Lipinski definition) is 3.